The minimum absolute atomic E-state index is 0.349. The monoisotopic (exact) mass is 402 g/mol. The number of Topliss-reactive ketones (excluding diaryl/α,β-unsaturated/α-hetero) is 1. The number of hydrogen-bond donors (Lipinski definition) is 1. The highest BCUT2D eigenvalue weighted by atomic mass is 16.2. The molecule has 1 aromatic heterocycles. The molecule has 4 rings (SSSR count). The molecular weight excluding hydrogens is 376 g/mol. The first-order chi connectivity index (χ1) is 14.5. The Balaban J connectivity index is 1.54. The predicted molar refractivity (Wildman–Crippen MR) is 119 cm³/mol. The second-order valence-electron chi connectivity index (χ2n) is 7.77. The Kier molecular flexibility index (Phi) is 5.40. The maximum Gasteiger partial charge on any atom is 0.296 e. The molecule has 3 aromatic rings. The van der Waals surface area contributed by atoms with Gasteiger partial charge in [-0.05, 0) is 69.5 Å². The van der Waals surface area contributed by atoms with E-state index in [-0.39, 0.29) is 0 Å². The summed E-state index contributed by atoms with van der Waals surface area (Å²) in [5, 5.41) is 7.23. The lowest BCUT2D eigenvalue weighted by molar-refractivity contribution is -0.112. The van der Waals surface area contributed by atoms with Crippen molar-refractivity contribution in [2.45, 2.75) is 33.6 Å². The van der Waals surface area contributed by atoms with Crippen molar-refractivity contribution in [1.82, 2.24) is 9.78 Å². The average Bonchev–Trinajstić information content (AvgIpc) is 3.36. The molecule has 0 bridgehead atoms. The van der Waals surface area contributed by atoms with Crippen molar-refractivity contribution < 1.29 is 9.59 Å². The van der Waals surface area contributed by atoms with Gasteiger partial charge in [0.15, 0.2) is 0 Å². The molecule has 30 heavy (non-hydrogen) atoms. The molecule has 1 fully saturated rings. The van der Waals surface area contributed by atoms with E-state index >= 15 is 0 Å². The highest BCUT2D eigenvalue weighted by molar-refractivity contribution is 6.47. The molecular formula is C24H26N4O2. The van der Waals surface area contributed by atoms with Crippen LogP contribution in [-0.2, 0) is 4.79 Å². The van der Waals surface area contributed by atoms with Crippen molar-refractivity contribution in [3.63, 3.8) is 0 Å². The van der Waals surface area contributed by atoms with E-state index in [1.807, 2.05) is 62.4 Å². The van der Waals surface area contributed by atoms with Gasteiger partial charge in [-0.3, -0.25) is 9.59 Å². The number of nitrogens with zero attached hydrogens (tertiary/aromatic N) is 3. The van der Waals surface area contributed by atoms with Gasteiger partial charge in [0, 0.05) is 24.5 Å². The molecule has 0 unspecified atom stereocenters. The van der Waals surface area contributed by atoms with Crippen LogP contribution in [0, 0.1) is 20.8 Å². The zero-order valence-electron chi connectivity index (χ0n) is 17.6. The van der Waals surface area contributed by atoms with E-state index in [0.29, 0.717) is 22.6 Å². The third-order valence-electron chi connectivity index (χ3n) is 5.63. The van der Waals surface area contributed by atoms with Crippen LogP contribution in [0.25, 0.3) is 5.69 Å². The molecule has 2 heterocycles. The van der Waals surface area contributed by atoms with Gasteiger partial charge >= 0.3 is 0 Å². The number of carbonyl (C=O) groups is 2. The lowest BCUT2D eigenvalue weighted by Crippen LogP contribution is -2.24. The number of hydrogen-bond acceptors (Lipinski definition) is 4. The van der Waals surface area contributed by atoms with Crippen molar-refractivity contribution in [3.8, 4) is 5.69 Å². The molecule has 0 atom stereocenters. The second-order valence-corrected chi connectivity index (χ2v) is 7.77. The van der Waals surface area contributed by atoms with Crippen molar-refractivity contribution in [1.29, 1.82) is 0 Å². The molecule has 1 amide bonds. The Morgan fingerprint density at radius 3 is 2.33 bits per heavy atom. The first-order valence-electron chi connectivity index (χ1n) is 10.3. The summed E-state index contributed by atoms with van der Waals surface area (Å²) < 4.78 is 1.70. The lowest BCUT2D eigenvalue weighted by atomic mass is 10.1. The summed E-state index contributed by atoms with van der Waals surface area (Å²) in [5.74, 6) is -1.23. The lowest BCUT2D eigenvalue weighted by Gasteiger charge is -2.20. The molecule has 0 spiro atoms. The fourth-order valence-electron chi connectivity index (χ4n) is 4.14. The van der Waals surface area contributed by atoms with Crippen molar-refractivity contribution in [3.05, 3.63) is 71.0 Å². The third-order valence-corrected chi connectivity index (χ3v) is 5.63. The number of para-hydroxylation sites is 1. The van der Waals surface area contributed by atoms with Crippen LogP contribution in [0.2, 0.25) is 0 Å². The number of anilines is 2. The summed E-state index contributed by atoms with van der Waals surface area (Å²) in [4.78, 5) is 28.0. The van der Waals surface area contributed by atoms with E-state index < -0.39 is 11.7 Å². The average molecular weight is 402 g/mol. The molecule has 6 nitrogen and oxygen atoms in total. The van der Waals surface area contributed by atoms with E-state index in [9.17, 15) is 9.59 Å². The van der Waals surface area contributed by atoms with Crippen LogP contribution in [-0.4, -0.2) is 34.6 Å². The first-order valence-corrected chi connectivity index (χ1v) is 10.3. The highest BCUT2D eigenvalue weighted by Crippen LogP contribution is 2.27. The van der Waals surface area contributed by atoms with Gasteiger partial charge in [0.2, 0.25) is 0 Å². The van der Waals surface area contributed by atoms with Gasteiger partial charge < -0.3 is 10.2 Å². The smallest absolute Gasteiger partial charge is 0.296 e. The molecule has 1 N–H and O–H groups in total. The molecule has 1 saturated heterocycles. The molecule has 1 aliphatic heterocycles. The topological polar surface area (TPSA) is 67.2 Å². The summed E-state index contributed by atoms with van der Waals surface area (Å²) in [5.41, 5.74) is 5.29. The number of aryl methyl sites for hydroxylation is 2. The Labute approximate surface area is 176 Å². The summed E-state index contributed by atoms with van der Waals surface area (Å²) >= 11 is 0. The van der Waals surface area contributed by atoms with Gasteiger partial charge in [-0.25, -0.2) is 4.68 Å². The second kappa shape index (κ2) is 8.14. The fourth-order valence-corrected chi connectivity index (χ4v) is 4.14. The molecule has 154 valence electrons. The molecule has 0 saturated carbocycles. The van der Waals surface area contributed by atoms with E-state index in [0.717, 1.165) is 24.3 Å². The number of ketones is 1. The number of nitrogens with one attached hydrogen (secondary N) is 1. The number of rotatable bonds is 5. The van der Waals surface area contributed by atoms with Crippen LogP contribution in [0.15, 0.2) is 48.5 Å². The van der Waals surface area contributed by atoms with Crippen LogP contribution in [0.1, 0.15) is 40.2 Å². The van der Waals surface area contributed by atoms with Crippen molar-refractivity contribution >= 4 is 23.1 Å². The number of amides is 1. The van der Waals surface area contributed by atoms with E-state index in [1.54, 1.807) is 11.6 Å². The van der Waals surface area contributed by atoms with Crippen molar-refractivity contribution in [2.75, 3.05) is 23.3 Å². The van der Waals surface area contributed by atoms with Gasteiger partial charge in [-0.1, -0.05) is 18.2 Å². The standard InChI is InChI=1S/C24H26N4O2/c1-16-15-19(11-12-21(16)27-13-7-8-14-27)25-24(30)23(29)22-17(2)26-28(18(22)3)20-9-5-4-6-10-20/h4-6,9-12,15H,7-8,13-14H2,1-3H3,(H,25,30). The largest absolute Gasteiger partial charge is 0.371 e. The minimum atomic E-state index is -0.651. The van der Waals surface area contributed by atoms with Gasteiger partial charge in [-0.2, -0.15) is 5.10 Å². The van der Waals surface area contributed by atoms with Gasteiger partial charge in [0.1, 0.15) is 0 Å². The maximum absolute atomic E-state index is 12.9. The zero-order valence-corrected chi connectivity index (χ0v) is 17.6. The van der Waals surface area contributed by atoms with Gasteiger partial charge in [-0.15, -0.1) is 0 Å². The molecule has 6 heteroatoms. The van der Waals surface area contributed by atoms with E-state index in [2.05, 4.69) is 15.3 Å². The Bertz CT molecular complexity index is 1100. The molecule has 1 aliphatic rings. The maximum atomic E-state index is 12.9. The van der Waals surface area contributed by atoms with Crippen LogP contribution < -0.4 is 10.2 Å². The first kappa shape index (κ1) is 19.9. The van der Waals surface area contributed by atoms with Crippen LogP contribution >= 0.6 is 0 Å². The molecule has 2 aromatic carbocycles. The van der Waals surface area contributed by atoms with Crippen LogP contribution in [0.5, 0.6) is 0 Å². The van der Waals surface area contributed by atoms with E-state index in [1.165, 1.54) is 18.5 Å². The summed E-state index contributed by atoms with van der Waals surface area (Å²) in [7, 11) is 0. The van der Waals surface area contributed by atoms with Gasteiger partial charge in [0.25, 0.3) is 11.7 Å². The minimum Gasteiger partial charge on any atom is -0.371 e. The third kappa shape index (κ3) is 3.73. The number of benzene rings is 2. The Morgan fingerprint density at radius 1 is 0.967 bits per heavy atom. The highest BCUT2D eigenvalue weighted by Gasteiger charge is 2.25. The van der Waals surface area contributed by atoms with E-state index in [4.69, 9.17) is 0 Å². The summed E-state index contributed by atoms with van der Waals surface area (Å²) in [6.45, 7) is 7.72. The molecule has 0 aliphatic carbocycles. The summed E-state index contributed by atoms with van der Waals surface area (Å²) in [6.07, 6.45) is 2.42. The van der Waals surface area contributed by atoms with Crippen LogP contribution in [0.4, 0.5) is 11.4 Å². The predicted octanol–water partition coefficient (Wildman–Crippen LogP) is 4.22. The Morgan fingerprint density at radius 2 is 1.67 bits per heavy atom. The van der Waals surface area contributed by atoms with Gasteiger partial charge in [0.05, 0.1) is 22.6 Å². The van der Waals surface area contributed by atoms with Crippen LogP contribution in [0.3, 0.4) is 0 Å². The summed E-state index contributed by atoms with van der Waals surface area (Å²) in [6, 6.07) is 15.4. The number of carbonyl (C=O) groups excluding carboxylic acids is 2. The normalized spacial score (nSPS) is 13.5. The molecule has 0 radical (unpaired) electrons. The fraction of sp³-hybridized carbons (Fsp3) is 0.292. The SMILES string of the molecule is Cc1cc(NC(=O)C(=O)c2c(C)nn(-c3ccccc3)c2C)ccc1N1CCCC1. The zero-order chi connectivity index (χ0) is 21.3. The quantitative estimate of drug-likeness (QED) is 0.513. The number of aromatic nitrogens is 2. The Hall–Kier alpha value is -3.41. The van der Waals surface area contributed by atoms with Crippen molar-refractivity contribution in [2.24, 2.45) is 0 Å².